The summed E-state index contributed by atoms with van der Waals surface area (Å²) in [5.41, 5.74) is 2.47. The van der Waals surface area contributed by atoms with Crippen LogP contribution in [0, 0.1) is 0 Å². The number of ether oxygens (including phenoxy) is 1. The molecule has 0 fully saturated rings. The first-order chi connectivity index (χ1) is 11.1. The van der Waals surface area contributed by atoms with E-state index in [0.29, 0.717) is 18.8 Å². The van der Waals surface area contributed by atoms with Crippen molar-refractivity contribution in [2.24, 2.45) is 0 Å². The Kier molecular flexibility index (Phi) is 4.71. The van der Waals surface area contributed by atoms with Crippen molar-refractivity contribution in [2.75, 3.05) is 6.54 Å². The SMILES string of the molecule is CC(C)OCc1ncn2c1CN(C(=O)c1ccccn1)CCC2. The van der Waals surface area contributed by atoms with E-state index in [0.717, 1.165) is 30.9 Å². The van der Waals surface area contributed by atoms with Gasteiger partial charge in [0.15, 0.2) is 0 Å². The Bertz CT molecular complexity index is 666. The van der Waals surface area contributed by atoms with Crippen molar-refractivity contribution in [3.8, 4) is 0 Å². The van der Waals surface area contributed by atoms with Crippen LogP contribution in [0.1, 0.15) is 42.1 Å². The van der Waals surface area contributed by atoms with Gasteiger partial charge in [0.2, 0.25) is 0 Å². The molecule has 3 rings (SSSR count). The zero-order valence-electron chi connectivity index (χ0n) is 13.6. The fourth-order valence-corrected chi connectivity index (χ4v) is 2.71. The van der Waals surface area contributed by atoms with Crippen LogP contribution in [0.15, 0.2) is 30.7 Å². The van der Waals surface area contributed by atoms with E-state index in [-0.39, 0.29) is 12.0 Å². The predicted octanol–water partition coefficient (Wildman–Crippen LogP) is 2.25. The largest absolute Gasteiger partial charge is 0.372 e. The quantitative estimate of drug-likeness (QED) is 0.868. The van der Waals surface area contributed by atoms with Crippen LogP contribution in [-0.4, -0.2) is 38.0 Å². The Balaban J connectivity index is 1.79. The van der Waals surface area contributed by atoms with Crippen molar-refractivity contribution in [1.82, 2.24) is 19.4 Å². The first-order valence-corrected chi connectivity index (χ1v) is 8.00. The van der Waals surface area contributed by atoms with Crippen LogP contribution in [0.4, 0.5) is 0 Å². The van der Waals surface area contributed by atoms with Crippen molar-refractivity contribution < 1.29 is 9.53 Å². The molecule has 0 spiro atoms. The van der Waals surface area contributed by atoms with Crippen molar-refractivity contribution >= 4 is 5.91 Å². The summed E-state index contributed by atoms with van der Waals surface area (Å²) >= 11 is 0. The van der Waals surface area contributed by atoms with Gasteiger partial charge in [0.05, 0.1) is 37.0 Å². The molecule has 0 saturated heterocycles. The Morgan fingerprint density at radius 2 is 2.17 bits per heavy atom. The molecule has 23 heavy (non-hydrogen) atoms. The third-order valence-corrected chi connectivity index (χ3v) is 3.93. The van der Waals surface area contributed by atoms with Crippen LogP contribution in [0.2, 0.25) is 0 Å². The second-order valence-electron chi connectivity index (χ2n) is 5.99. The van der Waals surface area contributed by atoms with Crippen LogP contribution < -0.4 is 0 Å². The van der Waals surface area contributed by atoms with E-state index in [2.05, 4.69) is 14.5 Å². The summed E-state index contributed by atoms with van der Waals surface area (Å²) in [6.07, 6.45) is 4.57. The van der Waals surface area contributed by atoms with Gasteiger partial charge in [-0.1, -0.05) is 6.07 Å². The number of rotatable bonds is 4. The molecule has 2 aromatic heterocycles. The number of carbonyl (C=O) groups is 1. The maximum atomic E-state index is 12.7. The van der Waals surface area contributed by atoms with Gasteiger partial charge in [0.1, 0.15) is 5.69 Å². The molecular weight excluding hydrogens is 292 g/mol. The van der Waals surface area contributed by atoms with Crippen LogP contribution in [0.5, 0.6) is 0 Å². The van der Waals surface area contributed by atoms with Crippen LogP contribution >= 0.6 is 0 Å². The summed E-state index contributed by atoms with van der Waals surface area (Å²) < 4.78 is 7.81. The van der Waals surface area contributed by atoms with Gasteiger partial charge in [-0.3, -0.25) is 9.78 Å². The minimum atomic E-state index is -0.0315. The van der Waals surface area contributed by atoms with Gasteiger partial charge >= 0.3 is 0 Å². The zero-order chi connectivity index (χ0) is 16.2. The number of hydrogen-bond donors (Lipinski definition) is 0. The highest BCUT2D eigenvalue weighted by Crippen LogP contribution is 2.18. The fraction of sp³-hybridized carbons (Fsp3) is 0.471. The molecule has 3 heterocycles. The number of pyridine rings is 1. The van der Waals surface area contributed by atoms with Gasteiger partial charge in [-0.05, 0) is 32.4 Å². The standard InChI is InChI=1S/C17H22N4O2/c1-13(2)23-11-15-16-10-20(8-5-9-21(16)12-19-15)17(22)14-6-3-4-7-18-14/h3-4,6-7,12-13H,5,8-11H2,1-2H3. The van der Waals surface area contributed by atoms with E-state index >= 15 is 0 Å². The molecule has 122 valence electrons. The van der Waals surface area contributed by atoms with Gasteiger partial charge in [-0.2, -0.15) is 0 Å². The molecule has 0 atom stereocenters. The van der Waals surface area contributed by atoms with Crippen LogP contribution in [0.25, 0.3) is 0 Å². The summed E-state index contributed by atoms with van der Waals surface area (Å²) in [6.45, 7) is 6.63. The normalized spacial score (nSPS) is 14.7. The molecule has 2 aromatic rings. The molecule has 0 unspecified atom stereocenters. The summed E-state index contributed by atoms with van der Waals surface area (Å²) in [7, 11) is 0. The lowest BCUT2D eigenvalue weighted by atomic mass is 10.2. The maximum absolute atomic E-state index is 12.7. The Labute approximate surface area is 136 Å². The summed E-state index contributed by atoms with van der Waals surface area (Å²) in [4.78, 5) is 23.1. The number of aromatic nitrogens is 3. The monoisotopic (exact) mass is 314 g/mol. The highest BCUT2D eigenvalue weighted by molar-refractivity contribution is 5.92. The minimum absolute atomic E-state index is 0.0315. The molecule has 0 saturated carbocycles. The number of carbonyl (C=O) groups excluding carboxylic acids is 1. The molecule has 6 heteroatoms. The van der Waals surface area contributed by atoms with Crippen LogP contribution in [-0.2, 0) is 24.4 Å². The topological polar surface area (TPSA) is 60.2 Å². The van der Waals surface area contributed by atoms with Gasteiger partial charge in [0, 0.05) is 19.3 Å². The lowest BCUT2D eigenvalue weighted by Crippen LogP contribution is -2.31. The molecule has 1 aliphatic rings. The Morgan fingerprint density at radius 3 is 2.91 bits per heavy atom. The average molecular weight is 314 g/mol. The third kappa shape index (κ3) is 3.59. The number of amides is 1. The molecule has 0 radical (unpaired) electrons. The second-order valence-corrected chi connectivity index (χ2v) is 5.99. The number of hydrogen-bond acceptors (Lipinski definition) is 4. The van der Waals surface area contributed by atoms with Crippen molar-refractivity contribution in [2.45, 2.75) is 46.1 Å². The molecule has 6 nitrogen and oxygen atoms in total. The first-order valence-electron chi connectivity index (χ1n) is 8.00. The highest BCUT2D eigenvalue weighted by Gasteiger charge is 2.23. The lowest BCUT2D eigenvalue weighted by molar-refractivity contribution is 0.0619. The number of fused-ring (bicyclic) bond motifs is 1. The smallest absolute Gasteiger partial charge is 0.272 e. The Hall–Kier alpha value is -2.21. The molecule has 1 aliphatic heterocycles. The van der Waals surface area contributed by atoms with E-state index in [9.17, 15) is 4.79 Å². The Morgan fingerprint density at radius 1 is 1.30 bits per heavy atom. The van der Waals surface area contributed by atoms with Gasteiger partial charge in [-0.25, -0.2) is 4.98 Å². The predicted molar refractivity (Wildman–Crippen MR) is 85.7 cm³/mol. The maximum Gasteiger partial charge on any atom is 0.272 e. The molecule has 0 aromatic carbocycles. The van der Waals surface area contributed by atoms with Crippen molar-refractivity contribution in [1.29, 1.82) is 0 Å². The fourth-order valence-electron chi connectivity index (χ4n) is 2.71. The van der Waals surface area contributed by atoms with E-state index in [1.54, 1.807) is 12.3 Å². The zero-order valence-corrected chi connectivity index (χ0v) is 13.6. The number of nitrogens with zero attached hydrogens (tertiary/aromatic N) is 4. The number of aryl methyl sites for hydroxylation is 1. The van der Waals surface area contributed by atoms with Gasteiger partial charge < -0.3 is 14.2 Å². The molecule has 0 bridgehead atoms. The lowest BCUT2D eigenvalue weighted by Gasteiger charge is -2.20. The summed E-state index contributed by atoms with van der Waals surface area (Å²) in [6, 6.07) is 5.41. The van der Waals surface area contributed by atoms with E-state index in [1.807, 2.05) is 37.2 Å². The van der Waals surface area contributed by atoms with Crippen LogP contribution in [0.3, 0.4) is 0 Å². The van der Waals surface area contributed by atoms with Crippen molar-refractivity contribution in [3.05, 3.63) is 47.8 Å². The van der Waals surface area contributed by atoms with Crippen molar-refractivity contribution in [3.63, 3.8) is 0 Å². The molecular formula is C17H22N4O2. The second kappa shape index (κ2) is 6.91. The number of imidazole rings is 1. The highest BCUT2D eigenvalue weighted by atomic mass is 16.5. The first kappa shape index (κ1) is 15.7. The summed E-state index contributed by atoms with van der Waals surface area (Å²) in [5.74, 6) is -0.0315. The van der Waals surface area contributed by atoms with Gasteiger partial charge in [-0.15, -0.1) is 0 Å². The van der Waals surface area contributed by atoms with E-state index < -0.39 is 0 Å². The van der Waals surface area contributed by atoms with E-state index in [1.165, 1.54) is 0 Å². The molecule has 1 amide bonds. The third-order valence-electron chi connectivity index (χ3n) is 3.93. The van der Waals surface area contributed by atoms with E-state index in [4.69, 9.17) is 4.74 Å². The molecule has 0 N–H and O–H groups in total. The van der Waals surface area contributed by atoms with Gasteiger partial charge in [0.25, 0.3) is 5.91 Å². The minimum Gasteiger partial charge on any atom is -0.372 e. The summed E-state index contributed by atoms with van der Waals surface area (Å²) in [5, 5.41) is 0. The molecule has 0 aliphatic carbocycles. The average Bonchev–Trinajstić information content (AvgIpc) is 2.81.